The summed E-state index contributed by atoms with van der Waals surface area (Å²) in [6, 6.07) is 9.50. The molecule has 2 aromatic heterocycles. The number of para-hydroxylation sites is 1. The number of benzene rings is 1. The van der Waals surface area contributed by atoms with Crippen molar-refractivity contribution in [2.24, 2.45) is 0 Å². The molecule has 0 bridgehead atoms. The van der Waals surface area contributed by atoms with Crippen LogP contribution in [0, 0.1) is 0 Å². The molecule has 0 fully saturated rings. The molecule has 0 N–H and O–H groups in total. The molecule has 22 heavy (non-hydrogen) atoms. The topological polar surface area (TPSA) is 70.3 Å². The van der Waals surface area contributed by atoms with Crippen molar-refractivity contribution in [3.8, 4) is 23.0 Å². The van der Waals surface area contributed by atoms with Crippen molar-refractivity contribution in [1.82, 2.24) is 15.2 Å². The molecular weight excluding hydrogens is 302 g/mol. The fourth-order valence-corrected chi connectivity index (χ4v) is 2.87. The average molecular weight is 313 g/mol. The first kappa shape index (κ1) is 13.1. The third-order valence-electron chi connectivity index (χ3n) is 3.16. The highest BCUT2D eigenvalue weighted by molar-refractivity contribution is 7.98. The minimum absolute atomic E-state index is 0.268. The van der Waals surface area contributed by atoms with Crippen LogP contribution in [0.1, 0.15) is 5.56 Å². The molecule has 3 aromatic rings. The van der Waals surface area contributed by atoms with E-state index in [0.717, 1.165) is 22.6 Å². The van der Waals surface area contributed by atoms with Gasteiger partial charge in [-0.25, -0.2) is 0 Å². The Labute approximate surface area is 130 Å². The fraction of sp³-hybridized carbons (Fsp3) is 0.133. The summed E-state index contributed by atoms with van der Waals surface area (Å²) in [5.41, 5.74) is 1.90. The molecule has 0 spiro atoms. The molecule has 0 amide bonds. The van der Waals surface area contributed by atoms with Gasteiger partial charge in [0.15, 0.2) is 11.5 Å². The maximum atomic E-state index is 5.65. The van der Waals surface area contributed by atoms with Gasteiger partial charge in [-0.15, -0.1) is 10.2 Å². The molecule has 1 aliphatic heterocycles. The molecule has 0 saturated heterocycles. The zero-order chi connectivity index (χ0) is 14.8. The third kappa shape index (κ3) is 2.50. The average Bonchev–Trinajstić information content (AvgIpc) is 3.23. The molecule has 0 atom stereocenters. The molecule has 7 heteroatoms. The van der Waals surface area contributed by atoms with Crippen molar-refractivity contribution in [1.29, 1.82) is 0 Å². The molecule has 3 heterocycles. The standard InChI is InChI=1S/C15H11N3O3S/c1-2-11(13-12(3-1)19-9-20-13)8-22-15-18-17-14(21-15)10-4-6-16-7-5-10/h1-7H,8-9H2. The Hall–Kier alpha value is -2.54. The van der Waals surface area contributed by atoms with Crippen LogP contribution in [0.4, 0.5) is 0 Å². The summed E-state index contributed by atoms with van der Waals surface area (Å²) in [6.07, 6.45) is 3.38. The first-order chi connectivity index (χ1) is 10.9. The van der Waals surface area contributed by atoms with Gasteiger partial charge in [0.1, 0.15) is 0 Å². The van der Waals surface area contributed by atoms with Crippen LogP contribution >= 0.6 is 11.8 Å². The number of thioether (sulfide) groups is 1. The van der Waals surface area contributed by atoms with Crippen LogP contribution in [0.5, 0.6) is 11.5 Å². The van der Waals surface area contributed by atoms with Gasteiger partial charge in [0.05, 0.1) is 0 Å². The summed E-state index contributed by atoms with van der Waals surface area (Å²) in [4.78, 5) is 3.97. The lowest BCUT2D eigenvalue weighted by Gasteiger charge is -2.03. The number of nitrogens with zero attached hydrogens (tertiary/aromatic N) is 3. The Balaban J connectivity index is 1.49. The molecular formula is C15H11N3O3S. The van der Waals surface area contributed by atoms with Gasteiger partial charge >= 0.3 is 0 Å². The number of pyridine rings is 1. The third-order valence-corrected chi connectivity index (χ3v) is 4.03. The van der Waals surface area contributed by atoms with Gasteiger partial charge in [-0.05, 0) is 18.2 Å². The number of hydrogen-bond donors (Lipinski definition) is 0. The van der Waals surface area contributed by atoms with E-state index in [1.54, 1.807) is 12.4 Å². The van der Waals surface area contributed by atoms with Crippen LogP contribution in [0.25, 0.3) is 11.5 Å². The van der Waals surface area contributed by atoms with Crippen molar-refractivity contribution in [2.75, 3.05) is 6.79 Å². The first-order valence-corrected chi connectivity index (χ1v) is 7.63. The second-order valence-corrected chi connectivity index (χ2v) is 5.48. The van der Waals surface area contributed by atoms with Crippen LogP contribution in [0.3, 0.4) is 0 Å². The lowest BCUT2D eigenvalue weighted by molar-refractivity contribution is 0.173. The lowest BCUT2D eigenvalue weighted by atomic mass is 10.2. The summed E-state index contributed by atoms with van der Waals surface area (Å²) in [5, 5.41) is 8.62. The molecule has 1 aromatic carbocycles. The maximum absolute atomic E-state index is 5.65. The molecule has 0 unspecified atom stereocenters. The van der Waals surface area contributed by atoms with Crippen LogP contribution in [0.15, 0.2) is 52.4 Å². The van der Waals surface area contributed by atoms with Gasteiger partial charge < -0.3 is 13.9 Å². The van der Waals surface area contributed by atoms with Crippen LogP contribution < -0.4 is 9.47 Å². The Morgan fingerprint density at radius 2 is 1.95 bits per heavy atom. The number of rotatable bonds is 4. The van der Waals surface area contributed by atoms with Gasteiger partial charge in [0, 0.05) is 29.3 Å². The van der Waals surface area contributed by atoms with Gasteiger partial charge in [0.2, 0.25) is 12.7 Å². The van der Waals surface area contributed by atoms with Crippen LogP contribution in [0.2, 0.25) is 0 Å². The van der Waals surface area contributed by atoms with E-state index in [9.17, 15) is 0 Å². The minimum Gasteiger partial charge on any atom is -0.454 e. The summed E-state index contributed by atoms with van der Waals surface area (Å²) in [7, 11) is 0. The van der Waals surface area contributed by atoms with Crippen molar-refractivity contribution < 1.29 is 13.9 Å². The SMILES string of the molecule is c1cc(CSc2nnc(-c3ccncc3)o2)c2c(c1)OCO2. The highest BCUT2D eigenvalue weighted by atomic mass is 32.2. The molecule has 6 nitrogen and oxygen atoms in total. The van der Waals surface area contributed by atoms with E-state index in [0.29, 0.717) is 16.9 Å². The van der Waals surface area contributed by atoms with E-state index in [1.807, 2.05) is 30.3 Å². The first-order valence-electron chi connectivity index (χ1n) is 6.64. The Kier molecular flexibility index (Phi) is 3.40. The number of ether oxygens (including phenoxy) is 2. The Bertz CT molecular complexity index is 792. The predicted molar refractivity (Wildman–Crippen MR) is 79.7 cm³/mol. The zero-order valence-corrected chi connectivity index (χ0v) is 12.2. The minimum atomic E-state index is 0.268. The van der Waals surface area contributed by atoms with E-state index < -0.39 is 0 Å². The number of fused-ring (bicyclic) bond motifs is 1. The predicted octanol–water partition coefficient (Wildman–Crippen LogP) is 3.15. The van der Waals surface area contributed by atoms with Gasteiger partial charge in [-0.1, -0.05) is 23.9 Å². The van der Waals surface area contributed by atoms with E-state index in [1.165, 1.54) is 11.8 Å². The largest absolute Gasteiger partial charge is 0.454 e. The monoisotopic (exact) mass is 313 g/mol. The maximum Gasteiger partial charge on any atom is 0.277 e. The van der Waals surface area contributed by atoms with E-state index in [2.05, 4.69) is 15.2 Å². The molecule has 110 valence electrons. The van der Waals surface area contributed by atoms with Crippen molar-refractivity contribution in [3.63, 3.8) is 0 Å². The number of aromatic nitrogens is 3. The normalized spacial score (nSPS) is 12.5. The summed E-state index contributed by atoms with van der Waals surface area (Å²) < 4.78 is 16.5. The molecule has 0 aliphatic carbocycles. The smallest absolute Gasteiger partial charge is 0.277 e. The Morgan fingerprint density at radius 3 is 2.86 bits per heavy atom. The van der Waals surface area contributed by atoms with Gasteiger partial charge in [0.25, 0.3) is 5.22 Å². The second kappa shape index (κ2) is 5.69. The molecule has 0 radical (unpaired) electrons. The summed E-state index contributed by atoms with van der Waals surface area (Å²) in [6.45, 7) is 0.268. The highest BCUT2D eigenvalue weighted by Crippen LogP contribution is 2.38. The fourth-order valence-electron chi connectivity index (χ4n) is 2.12. The highest BCUT2D eigenvalue weighted by Gasteiger charge is 2.18. The number of hydrogen-bond acceptors (Lipinski definition) is 7. The summed E-state index contributed by atoms with van der Waals surface area (Å²) in [5.74, 6) is 2.73. The van der Waals surface area contributed by atoms with Crippen molar-refractivity contribution in [2.45, 2.75) is 11.0 Å². The van der Waals surface area contributed by atoms with E-state index in [4.69, 9.17) is 13.9 Å². The van der Waals surface area contributed by atoms with Crippen LogP contribution in [-0.4, -0.2) is 22.0 Å². The molecule has 4 rings (SSSR count). The van der Waals surface area contributed by atoms with Gasteiger partial charge in [-0.2, -0.15) is 0 Å². The van der Waals surface area contributed by atoms with Crippen molar-refractivity contribution >= 4 is 11.8 Å². The molecule has 1 aliphatic rings. The molecule has 0 saturated carbocycles. The van der Waals surface area contributed by atoms with Crippen LogP contribution in [-0.2, 0) is 5.75 Å². The second-order valence-electron chi connectivity index (χ2n) is 4.55. The van der Waals surface area contributed by atoms with E-state index >= 15 is 0 Å². The van der Waals surface area contributed by atoms with Crippen molar-refractivity contribution in [3.05, 3.63) is 48.3 Å². The summed E-state index contributed by atoms with van der Waals surface area (Å²) >= 11 is 1.46. The van der Waals surface area contributed by atoms with Gasteiger partial charge in [-0.3, -0.25) is 4.98 Å². The lowest BCUT2D eigenvalue weighted by Crippen LogP contribution is -1.94. The quantitative estimate of drug-likeness (QED) is 0.685. The Morgan fingerprint density at radius 1 is 1.05 bits per heavy atom. The zero-order valence-electron chi connectivity index (χ0n) is 11.4. The van der Waals surface area contributed by atoms with E-state index in [-0.39, 0.29) is 6.79 Å².